The van der Waals surface area contributed by atoms with E-state index in [0.29, 0.717) is 24.5 Å². The quantitative estimate of drug-likeness (QED) is 0.657. The summed E-state index contributed by atoms with van der Waals surface area (Å²) in [6, 6.07) is 6.99. The maximum Gasteiger partial charge on any atom is 0.279 e. The maximum absolute atomic E-state index is 12.6. The van der Waals surface area contributed by atoms with Crippen LogP contribution < -0.4 is 15.5 Å². The number of likely N-dealkylation sites (N-methyl/N-ethyl adjacent to an activating group) is 1. The zero-order chi connectivity index (χ0) is 20.4. The van der Waals surface area contributed by atoms with E-state index in [1.54, 1.807) is 24.3 Å². The second kappa shape index (κ2) is 11.4. The number of amides is 3. The standard InChI is InChI=1S/C21H32N4O3/c1-3-24(16-21(28)25-13-7-5-4-6-8-14-25)15-20(27)23-19-11-9-18(10-12-19)22-17(2)26/h9-12H,3-8,13-16H2,1-2H3,(H,22,26)(H,23,27)/p+1. The zero-order valence-corrected chi connectivity index (χ0v) is 17.1. The molecule has 0 saturated carbocycles. The molecule has 3 amide bonds. The predicted molar refractivity (Wildman–Crippen MR) is 110 cm³/mol. The SMILES string of the molecule is CC[NH+](CC(=O)Nc1ccc(NC(C)=O)cc1)CC(=O)N1CCCCCCC1. The van der Waals surface area contributed by atoms with Crippen molar-refractivity contribution < 1.29 is 19.3 Å². The molecule has 28 heavy (non-hydrogen) atoms. The van der Waals surface area contributed by atoms with Crippen LogP contribution in [0.15, 0.2) is 24.3 Å². The highest BCUT2D eigenvalue weighted by atomic mass is 16.2. The Kier molecular flexibility index (Phi) is 8.94. The lowest BCUT2D eigenvalue weighted by atomic mass is 10.1. The molecule has 154 valence electrons. The number of anilines is 2. The van der Waals surface area contributed by atoms with Gasteiger partial charge in [0.1, 0.15) is 0 Å². The summed E-state index contributed by atoms with van der Waals surface area (Å²) in [6.45, 7) is 6.44. The Morgan fingerprint density at radius 1 is 0.893 bits per heavy atom. The van der Waals surface area contributed by atoms with Gasteiger partial charge in [-0.3, -0.25) is 14.4 Å². The summed E-state index contributed by atoms with van der Waals surface area (Å²) < 4.78 is 0. The summed E-state index contributed by atoms with van der Waals surface area (Å²) in [5, 5.41) is 5.55. The van der Waals surface area contributed by atoms with Crippen LogP contribution in [0.25, 0.3) is 0 Å². The minimum atomic E-state index is -0.135. The van der Waals surface area contributed by atoms with Crippen LogP contribution in [0.1, 0.15) is 46.0 Å². The number of hydrogen-bond acceptors (Lipinski definition) is 3. The summed E-state index contributed by atoms with van der Waals surface area (Å²) in [4.78, 5) is 39.0. The third kappa shape index (κ3) is 7.68. The Hall–Kier alpha value is -2.41. The topological polar surface area (TPSA) is 83.0 Å². The molecule has 1 aromatic rings. The Morgan fingerprint density at radius 2 is 1.43 bits per heavy atom. The Balaban J connectivity index is 1.82. The van der Waals surface area contributed by atoms with Crippen molar-refractivity contribution in [3.05, 3.63) is 24.3 Å². The normalized spacial score (nSPS) is 15.9. The van der Waals surface area contributed by atoms with E-state index in [0.717, 1.165) is 30.8 Å². The van der Waals surface area contributed by atoms with E-state index in [-0.39, 0.29) is 24.3 Å². The van der Waals surface area contributed by atoms with E-state index < -0.39 is 0 Å². The molecule has 2 rings (SSSR count). The summed E-state index contributed by atoms with van der Waals surface area (Å²) in [5.41, 5.74) is 1.36. The van der Waals surface area contributed by atoms with E-state index in [1.807, 2.05) is 11.8 Å². The van der Waals surface area contributed by atoms with Crippen molar-refractivity contribution in [2.75, 3.05) is 43.4 Å². The van der Waals surface area contributed by atoms with E-state index in [1.165, 1.54) is 26.2 Å². The highest BCUT2D eigenvalue weighted by Crippen LogP contribution is 2.13. The van der Waals surface area contributed by atoms with E-state index >= 15 is 0 Å². The molecule has 1 saturated heterocycles. The minimum absolute atomic E-state index is 0.121. The first-order valence-corrected chi connectivity index (χ1v) is 10.3. The highest BCUT2D eigenvalue weighted by molar-refractivity contribution is 5.92. The van der Waals surface area contributed by atoms with Crippen LogP contribution in [0.2, 0.25) is 0 Å². The number of carbonyl (C=O) groups excluding carboxylic acids is 3. The van der Waals surface area contributed by atoms with Crippen LogP contribution in [0.4, 0.5) is 11.4 Å². The average molecular weight is 390 g/mol. The molecule has 1 aliphatic rings. The van der Waals surface area contributed by atoms with Gasteiger partial charge in [0.25, 0.3) is 11.8 Å². The van der Waals surface area contributed by atoms with Gasteiger partial charge in [-0.05, 0) is 44.0 Å². The van der Waals surface area contributed by atoms with Gasteiger partial charge in [-0.25, -0.2) is 0 Å². The lowest BCUT2D eigenvalue weighted by Gasteiger charge is -2.26. The molecule has 1 atom stereocenters. The number of rotatable bonds is 7. The Bertz CT molecular complexity index is 652. The largest absolute Gasteiger partial charge is 0.338 e. The third-order valence-electron chi connectivity index (χ3n) is 5.01. The summed E-state index contributed by atoms with van der Waals surface area (Å²) >= 11 is 0. The molecule has 1 unspecified atom stereocenters. The molecule has 0 aromatic heterocycles. The fraction of sp³-hybridized carbons (Fsp3) is 0.571. The summed E-state index contributed by atoms with van der Waals surface area (Å²) in [7, 11) is 0. The van der Waals surface area contributed by atoms with Gasteiger partial charge >= 0.3 is 0 Å². The first kappa shape index (κ1) is 21.9. The number of hydrogen-bond donors (Lipinski definition) is 3. The van der Waals surface area contributed by atoms with E-state index in [4.69, 9.17) is 0 Å². The number of carbonyl (C=O) groups is 3. The van der Waals surface area contributed by atoms with Crippen LogP contribution in [-0.4, -0.2) is 55.3 Å². The molecule has 3 N–H and O–H groups in total. The summed E-state index contributed by atoms with van der Waals surface area (Å²) in [6.07, 6.45) is 5.79. The van der Waals surface area contributed by atoms with E-state index in [9.17, 15) is 14.4 Å². The molecule has 7 heteroatoms. The smallest absolute Gasteiger partial charge is 0.279 e. The van der Waals surface area contributed by atoms with Gasteiger partial charge in [0.2, 0.25) is 5.91 Å². The Labute approximate surface area is 167 Å². The van der Waals surface area contributed by atoms with Crippen LogP contribution in [-0.2, 0) is 14.4 Å². The van der Waals surface area contributed by atoms with Gasteiger partial charge in [-0.15, -0.1) is 0 Å². The van der Waals surface area contributed by atoms with Crippen molar-refractivity contribution in [3.63, 3.8) is 0 Å². The van der Waals surface area contributed by atoms with Crippen LogP contribution in [0.5, 0.6) is 0 Å². The molecular weight excluding hydrogens is 356 g/mol. The van der Waals surface area contributed by atoms with Crippen LogP contribution >= 0.6 is 0 Å². The van der Waals surface area contributed by atoms with Gasteiger partial charge in [0, 0.05) is 31.4 Å². The highest BCUT2D eigenvalue weighted by Gasteiger charge is 2.21. The van der Waals surface area contributed by atoms with Gasteiger partial charge in [-0.2, -0.15) is 0 Å². The van der Waals surface area contributed by atoms with Crippen LogP contribution in [0.3, 0.4) is 0 Å². The first-order chi connectivity index (χ1) is 13.5. The number of nitrogens with one attached hydrogen (secondary N) is 3. The lowest BCUT2D eigenvalue weighted by molar-refractivity contribution is -0.882. The minimum Gasteiger partial charge on any atom is -0.338 e. The zero-order valence-electron chi connectivity index (χ0n) is 17.1. The number of quaternary nitrogens is 1. The molecular formula is C21H33N4O3+. The molecule has 1 fully saturated rings. The third-order valence-corrected chi connectivity index (χ3v) is 5.01. The molecule has 7 nitrogen and oxygen atoms in total. The number of nitrogens with zero attached hydrogens (tertiary/aromatic N) is 1. The number of benzene rings is 1. The second-order valence-corrected chi connectivity index (χ2v) is 7.41. The molecule has 1 heterocycles. The monoisotopic (exact) mass is 389 g/mol. The fourth-order valence-corrected chi connectivity index (χ4v) is 3.41. The van der Waals surface area contributed by atoms with Gasteiger partial charge < -0.3 is 20.4 Å². The van der Waals surface area contributed by atoms with Crippen molar-refractivity contribution in [3.8, 4) is 0 Å². The van der Waals surface area contributed by atoms with Crippen LogP contribution in [0, 0.1) is 0 Å². The molecule has 0 aliphatic carbocycles. The Morgan fingerprint density at radius 3 is 1.96 bits per heavy atom. The summed E-state index contributed by atoms with van der Waals surface area (Å²) in [5.74, 6) is -0.112. The van der Waals surface area contributed by atoms with Crippen molar-refractivity contribution >= 4 is 29.1 Å². The lowest BCUT2D eigenvalue weighted by Crippen LogP contribution is -3.14. The second-order valence-electron chi connectivity index (χ2n) is 7.41. The number of likely N-dealkylation sites (tertiary alicyclic amines) is 1. The van der Waals surface area contributed by atoms with E-state index in [2.05, 4.69) is 10.6 Å². The van der Waals surface area contributed by atoms with Gasteiger partial charge in [0.05, 0.1) is 6.54 Å². The average Bonchev–Trinajstić information content (AvgIpc) is 2.62. The van der Waals surface area contributed by atoms with Gasteiger partial charge in [-0.1, -0.05) is 19.3 Å². The molecule has 0 spiro atoms. The maximum atomic E-state index is 12.6. The van der Waals surface area contributed by atoms with Crippen molar-refractivity contribution in [1.29, 1.82) is 0 Å². The van der Waals surface area contributed by atoms with Crippen molar-refractivity contribution in [2.24, 2.45) is 0 Å². The first-order valence-electron chi connectivity index (χ1n) is 10.3. The van der Waals surface area contributed by atoms with Crippen molar-refractivity contribution in [1.82, 2.24) is 4.90 Å². The molecule has 1 aliphatic heterocycles. The fourth-order valence-electron chi connectivity index (χ4n) is 3.41. The predicted octanol–water partition coefficient (Wildman–Crippen LogP) is 1.28. The molecule has 0 radical (unpaired) electrons. The molecule has 0 bridgehead atoms. The van der Waals surface area contributed by atoms with Crippen molar-refractivity contribution in [2.45, 2.75) is 46.0 Å². The van der Waals surface area contributed by atoms with Gasteiger partial charge in [0.15, 0.2) is 13.1 Å². The molecule has 1 aromatic carbocycles.